The molecule has 2 aliphatic rings. The SMILES string of the molecule is COc1ccccc1CNC(=O)c1ccc(C(=O)N2CCC[C@@H]3CCCC[C@@H]32)cc1. The number of carbonyl (C=O) groups excluding carboxylic acids is 2. The summed E-state index contributed by atoms with van der Waals surface area (Å²) in [6.45, 7) is 1.24. The maximum Gasteiger partial charge on any atom is 0.254 e. The molecule has 4 rings (SSSR count). The van der Waals surface area contributed by atoms with E-state index >= 15 is 0 Å². The highest BCUT2D eigenvalue weighted by molar-refractivity contribution is 5.98. The third kappa shape index (κ3) is 4.35. The number of nitrogens with one attached hydrogen (secondary N) is 1. The molecule has 1 aliphatic carbocycles. The summed E-state index contributed by atoms with van der Waals surface area (Å²) in [5, 5.41) is 2.92. The maximum absolute atomic E-state index is 13.1. The number of hydrogen-bond acceptors (Lipinski definition) is 3. The van der Waals surface area contributed by atoms with E-state index in [0.717, 1.165) is 30.7 Å². The minimum Gasteiger partial charge on any atom is -0.496 e. The fourth-order valence-electron chi connectivity index (χ4n) is 4.93. The summed E-state index contributed by atoms with van der Waals surface area (Å²) >= 11 is 0. The van der Waals surface area contributed by atoms with Crippen LogP contribution in [0, 0.1) is 5.92 Å². The maximum atomic E-state index is 13.1. The largest absolute Gasteiger partial charge is 0.496 e. The van der Waals surface area contributed by atoms with E-state index in [4.69, 9.17) is 4.74 Å². The van der Waals surface area contributed by atoms with Gasteiger partial charge in [-0.3, -0.25) is 9.59 Å². The van der Waals surface area contributed by atoms with Crippen LogP contribution in [0.2, 0.25) is 0 Å². The summed E-state index contributed by atoms with van der Waals surface area (Å²) in [4.78, 5) is 27.8. The predicted molar refractivity (Wildman–Crippen MR) is 117 cm³/mol. The van der Waals surface area contributed by atoms with Crippen molar-refractivity contribution in [3.8, 4) is 5.75 Å². The van der Waals surface area contributed by atoms with Crippen LogP contribution in [-0.2, 0) is 6.54 Å². The Balaban J connectivity index is 1.39. The van der Waals surface area contributed by atoms with E-state index in [0.29, 0.717) is 29.6 Å². The number of nitrogens with zero attached hydrogens (tertiary/aromatic N) is 1. The summed E-state index contributed by atoms with van der Waals surface area (Å²) in [6, 6.07) is 15.1. The number of methoxy groups -OCH3 is 1. The zero-order valence-electron chi connectivity index (χ0n) is 17.6. The lowest BCUT2D eigenvalue weighted by Gasteiger charge is -2.44. The Bertz CT molecular complexity index is 892. The summed E-state index contributed by atoms with van der Waals surface area (Å²) in [5.74, 6) is 1.36. The molecule has 1 heterocycles. The number of likely N-dealkylation sites (tertiary alicyclic amines) is 1. The van der Waals surface area contributed by atoms with Gasteiger partial charge in [-0.2, -0.15) is 0 Å². The van der Waals surface area contributed by atoms with Crippen molar-refractivity contribution in [3.63, 3.8) is 0 Å². The monoisotopic (exact) mass is 406 g/mol. The molecule has 2 atom stereocenters. The topological polar surface area (TPSA) is 58.6 Å². The summed E-state index contributed by atoms with van der Waals surface area (Å²) in [7, 11) is 1.62. The van der Waals surface area contributed by atoms with E-state index in [9.17, 15) is 9.59 Å². The van der Waals surface area contributed by atoms with Gasteiger partial charge in [0.1, 0.15) is 5.75 Å². The first-order chi connectivity index (χ1) is 14.7. The van der Waals surface area contributed by atoms with Gasteiger partial charge in [0.2, 0.25) is 0 Å². The molecule has 0 spiro atoms. The average molecular weight is 407 g/mol. The standard InChI is InChI=1S/C25H30N2O3/c1-30-23-11-5-3-8-21(23)17-26-24(28)19-12-14-20(15-13-19)25(29)27-16-6-9-18-7-2-4-10-22(18)27/h3,5,8,11-15,18,22H,2,4,6-7,9-10,16-17H2,1H3,(H,26,28)/t18-,22-/m0/s1. The molecule has 30 heavy (non-hydrogen) atoms. The molecule has 2 amide bonds. The fourth-order valence-corrected chi connectivity index (χ4v) is 4.93. The zero-order chi connectivity index (χ0) is 20.9. The van der Waals surface area contributed by atoms with Crippen LogP contribution in [0.15, 0.2) is 48.5 Å². The molecule has 1 aliphatic heterocycles. The van der Waals surface area contributed by atoms with E-state index in [2.05, 4.69) is 10.2 Å². The number of amides is 2. The number of para-hydroxylation sites is 1. The molecule has 0 bridgehead atoms. The van der Waals surface area contributed by atoms with Crippen molar-refractivity contribution in [3.05, 3.63) is 65.2 Å². The summed E-state index contributed by atoms with van der Waals surface area (Å²) < 4.78 is 5.33. The smallest absolute Gasteiger partial charge is 0.254 e. The van der Waals surface area contributed by atoms with Gasteiger partial charge < -0.3 is 15.0 Å². The van der Waals surface area contributed by atoms with Crippen molar-refractivity contribution < 1.29 is 14.3 Å². The van der Waals surface area contributed by atoms with Gasteiger partial charge in [0.25, 0.3) is 11.8 Å². The van der Waals surface area contributed by atoms with E-state index in [1.165, 1.54) is 25.7 Å². The molecule has 0 radical (unpaired) electrons. The number of rotatable bonds is 5. The summed E-state index contributed by atoms with van der Waals surface area (Å²) in [6.07, 6.45) is 7.23. The quantitative estimate of drug-likeness (QED) is 0.800. The Morgan fingerprint density at radius 2 is 1.67 bits per heavy atom. The minimum absolute atomic E-state index is 0.104. The third-order valence-corrected chi connectivity index (χ3v) is 6.53. The van der Waals surface area contributed by atoms with Gasteiger partial charge in [-0.1, -0.05) is 31.0 Å². The number of piperidine rings is 1. The van der Waals surface area contributed by atoms with Crippen LogP contribution in [0.25, 0.3) is 0 Å². The molecule has 5 heteroatoms. The zero-order valence-corrected chi connectivity index (χ0v) is 17.6. The first-order valence-corrected chi connectivity index (χ1v) is 11.0. The minimum atomic E-state index is -0.162. The highest BCUT2D eigenvalue weighted by Gasteiger charge is 2.35. The predicted octanol–water partition coefficient (Wildman–Crippen LogP) is 4.42. The summed E-state index contributed by atoms with van der Waals surface area (Å²) in [5.41, 5.74) is 2.14. The second-order valence-corrected chi connectivity index (χ2v) is 8.32. The van der Waals surface area contributed by atoms with Gasteiger partial charge in [0, 0.05) is 35.8 Å². The van der Waals surface area contributed by atoms with Crippen LogP contribution in [0.4, 0.5) is 0 Å². The lowest BCUT2D eigenvalue weighted by atomic mass is 9.78. The third-order valence-electron chi connectivity index (χ3n) is 6.53. The molecule has 1 saturated heterocycles. The number of carbonyl (C=O) groups is 2. The lowest BCUT2D eigenvalue weighted by molar-refractivity contribution is 0.0390. The molecule has 1 N–H and O–H groups in total. The van der Waals surface area contributed by atoms with E-state index in [1.807, 2.05) is 24.3 Å². The molecular weight excluding hydrogens is 376 g/mol. The molecule has 2 aromatic carbocycles. The Labute approximate surface area is 178 Å². The van der Waals surface area contributed by atoms with Crippen LogP contribution in [0.1, 0.15) is 64.8 Å². The molecule has 1 saturated carbocycles. The normalized spacial score (nSPS) is 20.9. The van der Waals surface area contributed by atoms with Crippen molar-refractivity contribution in [1.82, 2.24) is 10.2 Å². The van der Waals surface area contributed by atoms with E-state index in [-0.39, 0.29) is 11.8 Å². The van der Waals surface area contributed by atoms with Crippen LogP contribution in [0.5, 0.6) is 5.75 Å². The Kier molecular flexibility index (Phi) is 6.36. The molecule has 2 fully saturated rings. The van der Waals surface area contributed by atoms with Crippen LogP contribution in [-0.4, -0.2) is 36.4 Å². The lowest BCUT2D eigenvalue weighted by Crippen LogP contribution is -2.49. The second kappa shape index (κ2) is 9.33. The van der Waals surface area contributed by atoms with Crippen molar-refractivity contribution in [2.45, 2.75) is 51.1 Å². The van der Waals surface area contributed by atoms with Crippen molar-refractivity contribution in [2.75, 3.05) is 13.7 Å². The number of fused-ring (bicyclic) bond motifs is 1. The molecule has 0 aromatic heterocycles. The fraction of sp³-hybridized carbons (Fsp3) is 0.440. The number of hydrogen-bond donors (Lipinski definition) is 1. The van der Waals surface area contributed by atoms with Crippen LogP contribution < -0.4 is 10.1 Å². The Morgan fingerprint density at radius 1 is 0.967 bits per heavy atom. The molecule has 2 aromatic rings. The first-order valence-electron chi connectivity index (χ1n) is 11.0. The number of benzene rings is 2. The van der Waals surface area contributed by atoms with Crippen LogP contribution in [0.3, 0.4) is 0 Å². The van der Waals surface area contributed by atoms with E-state index in [1.54, 1.807) is 31.4 Å². The van der Waals surface area contributed by atoms with Gasteiger partial charge in [-0.25, -0.2) is 0 Å². The Hall–Kier alpha value is -2.82. The van der Waals surface area contributed by atoms with Gasteiger partial charge in [-0.15, -0.1) is 0 Å². The second-order valence-electron chi connectivity index (χ2n) is 8.32. The molecule has 5 nitrogen and oxygen atoms in total. The van der Waals surface area contributed by atoms with Gasteiger partial charge in [0.15, 0.2) is 0 Å². The van der Waals surface area contributed by atoms with Gasteiger partial charge in [-0.05, 0) is 61.9 Å². The Morgan fingerprint density at radius 3 is 2.47 bits per heavy atom. The number of ether oxygens (including phenoxy) is 1. The van der Waals surface area contributed by atoms with Crippen molar-refractivity contribution in [2.24, 2.45) is 5.92 Å². The van der Waals surface area contributed by atoms with E-state index < -0.39 is 0 Å². The highest BCUT2D eigenvalue weighted by Crippen LogP contribution is 2.35. The van der Waals surface area contributed by atoms with Gasteiger partial charge in [0.05, 0.1) is 7.11 Å². The van der Waals surface area contributed by atoms with Crippen molar-refractivity contribution in [1.29, 1.82) is 0 Å². The van der Waals surface area contributed by atoms with Crippen LogP contribution >= 0.6 is 0 Å². The molecule has 0 unspecified atom stereocenters. The molecular formula is C25H30N2O3. The first kappa shape index (κ1) is 20.5. The van der Waals surface area contributed by atoms with Gasteiger partial charge >= 0.3 is 0 Å². The van der Waals surface area contributed by atoms with Crippen molar-refractivity contribution >= 4 is 11.8 Å². The molecule has 158 valence electrons. The highest BCUT2D eigenvalue weighted by atomic mass is 16.5. The average Bonchev–Trinajstić information content (AvgIpc) is 2.82.